The molecule has 5 heteroatoms. The second-order valence-electron chi connectivity index (χ2n) is 3.48. The van der Waals surface area contributed by atoms with Crippen LogP contribution in [0.1, 0.15) is 6.42 Å². The molecule has 1 fully saturated rings. The Balaban J connectivity index is 2.13. The molecule has 0 saturated carbocycles. The van der Waals surface area contributed by atoms with Crippen LogP contribution in [0.2, 0.25) is 0 Å². The van der Waals surface area contributed by atoms with Crippen molar-refractivity contribution >= 4 is 10.1 Å². The maximum Gasteiger partial charge on any atom is 0.297 e. The van der Waals surface area contributed by atoms with Gasteiger partial charge >= 0.3 is 0 Å². The fraction of sp³-hybridized carbons (Fsp3) is 0.400. The van der Waals surface area contributed by atoms with Crippen LogP contribution in [0.4, 0.5) is 0 Å². The topological polar surface area (TPSA) is 55.4 Å². The Morgan fingerprint density at radius 1 is 1.27 bits per heavy atom. The standard InChI is InChI=1S/C10H13NO3S/c12-15(13,10-4-2-1-3-5-10)14-9-6-7-11-8-9/h1-5,9,11H,6-8H2/t9-/m0/s1. The molecular formula is C10H13NO3S. The Labute approximate surface area is 89.4 Å². The van der Waals surface area contributed by atoms with E-state index in [-0.39, 0.29) is 11.0 Å². The van der Waals surface area contributed by atoms with Crippen molar-refractivity contribution in [3.8, 4) is 0 Å². The van der Waals surface area contributed by atoms with Crippen LogP contribution in [0.3, 0.4) is 0 Å². The maximum atomic E-state index is 11.7. The van der Waals surface area contributed by atoms with Crippen molar-refractivity contribution in [3.63, 3.8) is 0 Å². The number of hydrogen-bond donors (Lipinski definition) is 1. The van der Waals surface area contributed by atoms with Gasteiger partial charge in [-0.15, -0.1) is 0 Å². The van der Waals surface area contributed by atoms with Crippen LogP contribution in [0.5, 0.6) is 0 Å². The van der Waals surface area contributed by atoms with Gasteiger partial charge in [0.05, 0.1) is 11.0 Å². The van der Waals surface area contributed by atoms with Gasteiger partial charge in [0.25, 0.3) is 10.1 Å². The zero-order valence-electron chi connectivity index (χ0n) is 8.22. The molecule has 1 saturated heterocycles. The van der Waals surface area contributed by atoms with Crippen molar-refractivity contribution in [1.82, 2.24) is 5.32 Å². The Kier molecular flexibility index (Phi) is 3.04. The molecule has 1 atom stereocenters. The minimum atomic E-state index is -3.58. The quantitative estimate of drug-likeness (QED) is 0.774. The second-order valence-corrected chi connectivity index (χ2v) is 5.05. The molecule has 2 rings (SSSR count). The largest absolute Gasteiger partial charge is 0.314 e. The summed E-state index contributed by atoms with van der Waals surface area (Å²) in [5, 5.41) is 3.06. The van der Waals surface area contributed by atoms with Crippen LogP contribution in [-0.2, 0) is 14.3 Å². The second kappa shape index (κ2) is 4.30. The monoisotopic (exact) mass is 227 g/mol. The van der Waals surface area contributed by atoms with Gasteiger partial charge in [0.1, 0.15) is 0 Å². The lowest BCUT2D eigenvalue weighted by Crippen LogP contribution is -2.21. The van der Waals surface area contributed by atoms with Gasteiger partial charge in [-0.05, 0) is 25.1 Å². The van der Waals surface area contributed by atoms with E-state index in [1.165, 1.54) is 12.1 Å². The summed E-state index contributed by atoms with van der Waals surface area (Å²) in [6, 6.07) is 8.22. The van der Waals surface area contributed by atoms with Crippen LogP contribution in [0.15, 0.2) is 35.2 Å². The van der Waals surface area contributed by atoms with Crippen molar-refractivity contribution in [1.29, 1.82) is 0 Å². The molecule has 1 N–H and O–H groups in total. The first-order valence-electron chi connectivity index (χ1n) is 4.87. The zero-order valence-corrected chi connectivity index (χ0v) is 9.03. The van der Waals surface area contributed by atoms with Crippen molar-refractivity contribution in [2.45, 2.75) is 17.4 Å². The molecule has 0 aliphatic carbocycles. The molecule has 82 valence electrons. The molecule has 4 nitrogen and oxygen atoms in total. The summed E-state index contributed by atoms with van der Waals surface area (Å²) in [4.78, 5) is 0.219. The van der Waals surface area contributed by atoms with Crippen molar-refractivity contribution in [2.24, 2.45) is 0 Å². The van der Waals surface area contributed by atoms with Crippen molar-refractivity contribution in [3.05, 3.63) is 30.3 Å². The SMILES string of the molecule is O=S(=O)(O[C@H]1CCNC1)c1ccccc1. The molecule has 0 aromatic heterocycles. The normalized spacial score (nSPS) is 21.7. The van der Waals surface area contributed by atoms with E-state index >= 15 is 0 Å². The van der Waals surface area contributed by atoms with Crippen molar-refractivity contribution in [2.75, 3.05) is 13.1 Å². The Morgan fingerprint density at radius 3 is 2.60 bits per heavy atom. The summed E-state index contributed by atoms with van der Waals surface area (Å²) >= 11 is 0. The molecule has 0 radical (unpaired) electrons. The molecule has 0 amide bonds. The number of rotatable bonds is 3. The summed E-state index contributed by atoms with van der Waals surface area (Å²) in [7, 11) is -3.58. The molecule has 0 bridgehead atoms. The summed E-state index contributed by atoms with van der Waals surface area (Å²) in [5.74, 6) is 0. The van der Waals surface area contributed by atoms with Crippen LogP contribution in [0, 0.1) is 0 Å². The fourth-order valence-corrected chi connectivity index (χ4v) is 2.66. The van der Waals surface area contributed by atoms with Gasteiger partial charge in [0.2, 0.25) is 0 Å². The van der Waals surface area contributed by atoms with Gasteiger partial charge in [0, 0.05) is 6.54 Å². The third kappa shape index (κ3) is 2.56. The van der Waals surface area contributed by atoms with Gasteiger partial charge in [-0.2, -0.15) is 8.42 Å². The summed E-state index contributed by atoms with van der Waals surface area (Å²) < 4.78 is 28.6. The molecule has 1 heterocycles. The average molecular weight is 227 g/mol. The third-order valence-corrected chi connectivity index (χ3v) is 3.68. The van der Waals surface area contributed by atoms with E-state index in [1.807, 2.05) is 0 Å². The predicted molar refractivity (Wildman–Crippen MR) is 56.0 cm³/mol. The third-order valence-electron chi connectivity index (χ3n) is 2.31. The zero-order chi connectivity index (χ0) is 10.7. The summed E-state index contributed by atoms with van der Waals surface area (Å²) in [6.07, 6.45) is 0.515. The van der Waals surface area contributed by atoms with Crippen molar-refractivity contribution < 1.29 is 12.6 Å². The predicted octanol–water partition coefficient (Wildman–Crippen LogP) is 0.754. The molecule has 15 heavy (non-hydrogen) atoms. The van der Waals surface area contributed by atoms with Crippen LogP contribution in [0.25, 0.3) is 0 Å². The summed E-state index contributed by atoms with van der Waals surface area (Å²) in [5.41, 5.74) is 0. The van der Waals surface area contributed by atoms with Gasteiger partial charge in [-0.25, -0.2) is 0 Å². The lowest BCUT2D eigenvalue weighted by Gasteiger charge is -2.10. The lowest BCUT2D eigenvalue weighted by atomic mass is 10.3. The lowest BCUT2D eigenvalue weighted by molar-refractivity contribution is 0.230. The first-order valence-corrected chi connectivity index (χ1v) is 6.28. The van der Waals surface area contributed by atoms with E-state index in [4.69, 9.17) is 4.18 Å². The highest BCUT2D eigenvalue weighted by Crippen LogP contribution is 2.16. The highest BCUT2D eigenvalue weighted by molar-refractivity contribution is 7.86. The first-order chi connectivity index (χ1) is 7.18. The molecular weight excluding hydrogens is 214 g/mol. The first kappa shape index (κ1) is 10.6. The van der Waals surface area contributed by atoms with E-state index in [9.17, 15) is 8.42 Å². The van der Waals surface area contributed by atoms with Gasteiger partial charge in [0.15, 0.2) is 0 Å². The summed E-state index contributed by atoms with van der Waals surface area (Å²) in [6.45, 7) is 1.42. The molecule has 1 aliphatic heterocycles. The number of hydrogen-bond acceptors (Lipinski definition) is 4. The maximum absolute atomic E-state index is 11.7. The van der Waals surface area contributed by atoms with E-state index in [1.54, 1.807) is 18.2 Å². The highest BCUT2D eigenvalue weighted by atomic mass is 32.2. The Hall–Kier alpha value is -0.910. The minimum absolute atomic E-state index is 0.219. The molecule has 1 aromatic rings. The van der Waals surface area contributed by atoms with Crippen LogP contribution >= 0.6 is 0 Å². The van der Waals surface area contributed by atoms with Gasteiger partial charge in [-0.3, -0.25) is 4.18 Å². The molecule has 1 aliphatic rings. The molecule has 0 spiro atoms. The van der Waals surface area contributed by atoms with E-state index < -0.39 is 10.1 Å². The fourth-order valence-electron chi connectivity index (χ4n) is 1.53. The molecule has 0 unspecified atom stereocenters. The van der Waals surface area contributed by atoms with E-state index in [0.717, 1.165) is 13.0 Å². The van der Waals surface area contributed by atoms with Crippen LogP contribution < -0.4 is 5.32 Å². The number of benzene rings is 1. The highest BCUT2D eigenvalue weighted by Gasteiger charge is 2.23. The van der Waals surface area contributed by atoms with E-state index in [2.05, 4.69) is 5.32 Å². The average Bonchev–Trinajstić information content (AvgIpc) is 2.71. The van der Waals surface area contributed by atoms with Gasteiger partial charge < -0.3 is 5.32 Å². The Morgan fingerprint density at radius 2 is 2.00 bits per heavy atom. The number of nitrogens with one attached hydrogen (secondary N) is 1. The molecule has 1 aromatic carbocycles. The minimum Gasteiger partial charge on any atom is -0.314 e. The smallest absolute Gasteiger partial charge is 0.297 e. The van der Waals surface area contributed by atoms with E-state index in [0.29, 0.717) is 6.54 Å². The Bertz CT molecular complexity index is 410. The van der Waals surface area contributed by atoms with Gasteiger partial charge in [-0.1, -0.05) is 18.2 Å². The van der Waals surface area contributed by atoms with Crippen LogP contribution in [-0.4, -0.2) is 27.6 Å².